The lowest BCUT2D eigenvalue weighted by Gasteiger charge is -2.15. The molecule has 1 aromatic carbocycles. The number of halogens is 3. The second kappa shape index (κ2) is 7.31. The largest absolute Gasteiger partial charge is 0.290 e. The van der Waals surface area contributed by atoms with Crippen molar-refractivity contribution in [1.82, 2.24) is 19.6 Å². The second-order valence-electron chi connectivity index (χ2n) is 4.82. The minimum atomic E-state index is 0.521. The minimum Gasteiger partial charge on any atom is -0.290 e. The number of hydrogen-bond donors (Lipinski definition) is 1. The third-order valence-corrected chi connectivity index (χ3v) is 5.01. The van der Waals surface area contributed by atoms with E-state index in [1.807, 2.05) is 13.2 Å². The van der Waals surface area contributed by atoms with Crippen molar-refractivity contribution in [2.24, 2.45) is 0 Å². The van der Waals surface area contributed by atoms with Crippen LogP contribution < -0.4 is 5.43 Å². The van der Waals surface area contributed by atoms with Crippen LogP contribution in [0.2, 0.25) is 10.0 Å². The SMILES string of the molecule is CSc1ncc(Br)c(-c2ncc(C)n2Nc2c(Cl)cccc2Cl)n1. The molecule has 0 fully saturated rings. The van der Waals surface area contributed by atoms with E-state index >= 15 is 0 Å². The van der Waals surface area contributed by atoms with Crippen LogP contribution >= 0.6 is 50.9 Å². The van der Waals surface area contributed by atoms with Crippen molar-refractivity contribution in [1.29, 1.82) is 0 Å². The number of aryl methyl sites for hydroxylation is 1. The summed E-state index contributed by atoms with van der Waals surface area (Å²) in [5.41, 5.74) is 5.40. The Labute approximate surface area is 161 Å². The number of rotatable bonds is 4. The first-order chi connectivity index (χ1) is 11.5. The molecule has 24 heavy (non-hydrogen) atoms. The summed E-state index contributed by atoms with van der Waals surface area (Å²) in [6, 6.07) is 5.34. The lowest BCUT2D eigenvalue weighted by Crippen LogP contribution is -2.14. The zero-order valence-corrected chi connectivity index (χ0v) is 16.6. The Bertz CT molecular complexity index is 879. The van der Waals surface area contributed by atoms with Gasteiger partial charge in [0.1, 0.15) is 5.69 Å². The van der Waals surface area contributed by atoms with E-state index in [0.717, 1.165) is 10.2 Å². The smallest absolute Gasteiger partial charge is 0.187 e. The van der Waals surface area contributed by atoms with Gasteiger partial charge in [0.05, 0.1) is 32.1 Å². The Kier molecular flexibility index (Phi) is 5.34. The maximum atomic E-state index is 6.26. The van der Waals surface area contributed by atoms with Crippen LogP contribution in [0.1, 0.15) is 5.69 Å². The highest BCUT2D eigenvalue weighted by Crippen LogP contribution is 2.32. The summed E-state index contributed by atoms with van der Waals surface area (Å²) in [7, 11) is 0. The molecule has 2 aromatic heterocycles. The van der Waals surface area contributed by atoms with Crippen molar-refractivity contribution in [3.8, 4) is 11.5 Å². The van der Waals surface area contributed by atoms with Crippen molar-refractivity contribution in [3.63, 3.8) is 0 Å². The molecule has 3 rings (SSSR count). The second-order valence-corrected chi connectivity index (χ2v) is 7.26. The molecule has 0 unspecified atom stereocenters. The number of para-hydroxylation sites is 1. The highest BCUT2D eigenvalue weighted by molar-refractivity contribution is 9.10. The number of anilines is 1. The standard InChI is InChI=1S/C15H12BrCl2N5S/c1-8-6-19-14(12-9(16)7-20-15(21-12)24-2)23(8)22-13-10(17)4-3-5-11(13)18/h3-7,22H,1-2H3. The summed E-state index contributed by atoms with van der Waals surface area (Å²) in [6.07, 6.45) is 5.39. The van der Waals surface area contributed by atoms with Gasteiger partial charge < -0.3 is 0 Å². The van der Waals surface area contributed by atoms with Crippen LogP contribution in [0.5, 0.6) is 0 Å². The topological polar surface area (TPSA) is 55.6 Å². The van der Waals surface area contributed by atoms with Crippen molar-refractivity contribution in [3.05, 3.63) is 50.8 Å². The van der Waals surface area contributed by atoms with E-state index in [0.29, 0.717) is 32.4 Å². The Morgan fingerprint density at radius 2 is 1.88 bits per heavy atom. The number of hydrogen-bond acceptors (Lipinski definition) is 5. The summed E-state index contributed by atoms with van der Waals surface area (Å²) in [4.78, 5) is 13.2. The highest BCUT2D eigenvalue weighted by atomic mass is 79.9. The van der Waals surface area contributed by atoms with Crippen LogP contribution in [0, 0.1) is 6.92 Å². The lowest BCUT2D eigenvalue weighted by atomic mass is 10.3. The van der Waals surface area contributed by atoms with Gasteiger partial charge in [0.25, 0.3) is 0 Å². The molecule has 3 aromatic rings. The molecule has 0 aliphatic rings. The van der Waals surface area contributed by atoms with Crippen molar-refractivity contribution in [2.45, 2.75) is 12.1 Å². The van der Waals surface area contributed by atoms with Gasteiger partial charge >= 0.3 is 0 Å². The molecular formula is C15H12BrCl2N5S. The zero-order chi connectivity index (χ0) is 17.3. The van der Waals surface area contributed by atoms with E-state index in [4.69, 9.17) is 23.2 Å². The van der Waals surface area contributed by atoms with Gasteiger partial charge in [-0.25, -0.2) is 19.6 Å². The van der Waals surface area contributed by atoms with Gasteiger partial charge in [-0.1, -0.05) is 41.0 Å². The monoisotopic (exact) mass is 443 g/mol. The van der Waals surface area contributed by atoms with Crippen LogP contribution in [0.3, 0.4) is 0 Å². The molecule has 0 amide bonds. The number of thioether (sulfide) groups is 1. The van der Waals surface area contributed by atoms with E-state index < -0.39 is 0 Å². The summed E-state index contributed by atoms with van der Waals surface area (Å²) < 4.78 is 2.55. The maximum absolute atomic E-state index is 6.26. The van der Waals surface area contributed by atoms with Crippen molar-refractivity contribution < 1.29 is 0 Å². The highest BCUT2D eigenvalue weighted by Gasteiger charge is 2.17. The van der Waals surface area contributed by atoms with E-state index in [2.05, 4.69) is 36.3 Å². The molecule has 1 N–H and O–H groups in total. The van der Waals surface area contributed by atoms with E-state index in [1.165, 1.54) is 11.8 Å². The molecule has 0 spiro atoms. The number of imidazole rings is 1. The quantitative estimate of drug-likeness (QED) is 0.436. The van der Waals surface area contributed by atoms with Crippen LogP contribution in [0.25, 0.3) is 11.5 Å². The average molecular weight is 445 g/mol. The van der Waals surface area contributed by atoms with Gasteiger partial charge in [-0.3, -0.25) is 5.43 Å². The van der Waals surface area contributed by atoms with Gasteiger partial charge in [-0.05, 0) is 41.2 Å². The molecule has 0 saturated carbocycles. The minimum absolute atomic E-state index is 0.521. The summed E-state index contributed by atoms with van der Waals surface area (Å²) >= 11 is 17.5. The summed E-state index contributed by atoms with van der Waals surface area (Å²) in [6.45, 7) is 1.93. The fourth-order valence-electron chi connectivity index (χ4n) is 2.07. The third kappa shape index (κ3) is 3.39. The molecule has 0 radical (unpaired) electrons. The summed E-state index contributed by atoms with van der Waals surface area (Å²) in [5, 5.41) is 1.71. The fraction of sp³-hybridized carbons (Fsp3) is 0.133. The molecule has 0 saturated heterocycles. The van der Waals surface area contributed by atoms with Crippen LogP contribution in [0.4, 0.5) is 5.69 Å². The van der Waals surface area contributed by atoms with E-state index in [1.54, 1.807) is 35.3 Å². The number of benzene rings is 1. The molecule has 9 heteroatoms. The van der Waals surface area contributed by atoms with Gasteiger partial charge in [0.15, 0.2) is 11.0 Å². The fourth-order valence-corrected chi connectivity index (χ4v) is 3.26. The summed E-state index contributed by atoms with van der Waals surface area (Å²) in [5.74, 6) is 0.632. The van der Waals surface area contributed by atoms with Crippen LogP contribution in [0.15, 0.2) is 40.2 Å². The molecular weight excluding hydrogens is 433 g/mol. The Morgan fingerprint density at radius 3 is 2.54 bits per heavy atom. The number of nitrogens with one attached hydrogen (secondary N) is 1. The Balaban J connectivity index is 2.10. The molecule has 2 heterocycles. The Hall–Kier alpha value is -1.28. The predicted octanol–water partition coefficient (Wildman–Crippen LogP) is 5.31. The Morgan fingerprint density at radius 1 is 1.17 bits per heavy atom. The van der Waals surface area contributed by atoms with Gasteiger partial charge in [-0.15, -0.1) is 0 Å². The van der Waals surface area contributed by atoms with Crippen molar-refractivity contribution in [2.75, 3.05) is 11.7 Å². The maximum Gasteiger partial charge on any atom is 0.187 e. The molecule has 0 atom stereocenters. The first-order valence-electron chi connectivity index (χ1n) is 6.83. The van der Waals surface area contributed by atoms with Crippen molar-refractivity contribution >= 4 is 56.6 Å². The van der Waals surface area contributed by atoms with Gasteiger partial charge in [-0.2, -0.15) is 0 Å². The molecule has 0 aliphatic heterocycles. The first-order valence-corrected chi connectivity index (χ1v) is 9.61. The molecule has 0 aliphatic carbocycles. The first kappa shape index (κ1) is 17.5. The molecule has 0 bridgehead atoms. The molecule has 124 valence electrons. The average Bonchev–Trinajstić information content (AvgIpc) is 2.92. The third-order valence-electron chi connectivity index (χ3n) is 3.24. The zero-order valence-electron chi connectivity index (χ0n) is 12.7. The normalized spacial score (nSPS) is 10.9. The van der Waals surface area contributed by atoms with E-state index in [9.17, 15) is 0 Å². The predicted molar refractivity (Wildman–Crippen MR) is 103 cm³/mol. The lowest BCUT2D eigenvalue weighted by molar-refractivity contribution is 0.893. The van der Waals surface area contributed by atoms with Gasteiger partial charge in [0.2, 0.25) is 0 Å². The van der Waals surface area contributed by atoms with E-state index in [-0.39, 0.29) is 0 Å². The number of aromatic nitrogens is 4. The van der Waals surface area contributed by atoms with Gasteiger partial charge in [0, 0.05) is 6.20 Å². The van der Waals surface area contributed by atoms with Crippen LogP contribution in [-0.4, -0.2) is 25.9 Å². The molecule has 5 nitrogen and oxygen atoms in total. The van der Waals surface area contributed by atoms with Crippen LogP contribution in [-0.2, 0) is 0 Å². The number of nitrogens with zero attached hydrogens (tertiary/aromatic N) is 4.